The first-order chi connectivity index (χ1) is 7.31. The van der Waals surface area contributed by atoms with E-state index in [1.54, 1.807) is 0 Å². The van der Waals surface area contributed by atoms with Gasteiger partial charge in [0.1, 0.15) is 0 Å². The van der Waals surface area contributed by atoms with Crippen molar-refractivity contribution in [1.29, 1.82) is 0 Å². The summed E-state index contributed by atoms with van der Waals surface area (Å²) in [5.41, 5.74) is 4.35. The molecule has 1 aromatic rings. The Kier molecular flexibility index (Phi) is 3.27. The minimum Gasteiger partial charge on any atom is -0.370 e. The fourth-order valence-electron chi connectivity index (χ4n) is 2.28. The zero-order chi connectivity index (χ0) is 10.7. The molecule has 1 N–H and O–H groups in total. The van der Waals surface area contributed by atoms with Crippen LogP contribution < -0.4 is 10.2 Å². The van der Waals surface area contributed by atoms with Crippen LogP contribution in [0, 0.1) is 6.92 Å². The molecule has 0 saturated heterocycles. The third-order valence-electron chi connectivity index (χ3n) is 3.08. The van der Waals surface area contributed by atoms with Crippen molar-refractivity contribution in [1.82, 2.24) is 5.32 Å². The summed E-state index contributed by atoms with van der Waals surface area (Å²) in [6, 6.07) is 6.83. The number of fused-ring (bicyclic) bond motifs is 1. The maximum Gasteiger partial charge on any atom is 0.0399 e. The highest BCUT2D eigenvalue weighted by Gasteiger charge is 2.15. The van der Waals surface area contributed by atoms with Crippen LogP contribution in [0.4, 0.5) is 5.69 Å². The first-order valence-electron chi connectivity index (χ1n) is 5.80. The maximum atomic E-state index is 3.22. The van der Waals surface area contributed by atoms with Gasteiger partial charge in [0, 0.05) is 25.3 Å². The molecular weight excluding hydrogens is 184 g/mol. The Labute approximate surface area is 92.3 Å². The summed E-state index contributed by atoms with van der Waals surface area (Å²) in [7, 11) is 2.01. The van der Waals surface area contributed by atoms with E-state index < -0.39 is 0 Å². The predicted molar refractivity (Wildman–Crippen MR) is 65.6 cm³/mol. The molecule has 82 valence electrons. The van der Waals surface area contributed by atoms with Gasteiger partial charge in [-0.2, -0.15) is 0 Å². The maximum absolute atomic E-state index is 3.22. The van der Waals surface area contributed by atoms with E-state index in [0.717, 1.165) is 13.1 Å². The van der Waals surface area contributed by atoms with Crippen LogP contribution in [-0.4, -0.2) is 26.7 Å². The van der Waals surface area contributed by atoms with Crippen LogP contribution in [0.3, 0.4) is 0 Å². The summed E-state index contributed by atoms with van der Waals surface area (Å²) < 4.78 is 0. The van der Waals surface area contributed by atoms with Crippen molar-refractivity contribution in [2.75, 3.05) is 31.6 Å². The number of nitrogens with zero attached hydrogens (tertiary/aromatic N) is 1. The monoisotopic (exact) mass is 204 g/mol. The van der Waals surface area contributed by atoms with E-state index in [9.17, 15) is 0 Å². The van der Waals surface area contributed by atoms with E-state index in [1.165, 1.54) is 36.2 Å². The third-order valence-corrected chi connectivity index (χ3v) is 3.08. The Morgan fingerprint density at radius 3 is 3.07 bits per heavy atom. The summed E-state index contributed by atoms with van der Waals surface area (Å²) in [6.45, 7) is 5.56. The van der Waals surface area contributed by atoms with Gasteiger partial charge in [-0.15, -0.1) is 0 Å². The zero-order valence-electron chi connectivity index (χ0n) is 9.71. The highest BCUT2D eigenvalue weighted by atomic mass is 15.1. The van der Waals surface area contributed by atoms with E-state index in [-0.39, 0.29) is 0 Å². The smallest absolute Gasteiger partial charge is 0.0399 e. The van der Waals surface area contributed by atoms with Gasteiger partial charge in [0.05, 0.1) is 0 Å². The first kappa shape index (κ1) is 10.5. The molecule has 1 aliphatic heterocycles. The molecule has 0 saturated carbocycles. The molecular formula is C13H20N2. The number of rotatable bonds is 3. The molecule has 2 heteroatoms. The molecule has 1 heterocycles. The van der Waals surface area contributed by atoms with Crippen LogP contribution in [0.2, 0.25) is 0 Å². The average molecular weight is 204 g/mol. The third kappa shape index (κ3) is 2.32. The van der Waals surface area contributed by atoms with Crippen molar-refractivity contribution in [3.8, 4) is 0 Å². The summed E-state index contributed by atoms with van der Waals surface area (Å²) in [5.74, 6) is 0. The Hall–Kier alpha value is -1.02. The molecule has 0 bridgehead atoms. The van der Waals surface area contributed by atoms with Gasteiger partial charge in [0.25, 0.3) is 0 Å². The molecule has 1 aromatic carbocycles. The molecule has 0 amide bonds. The molecule has 0 fully saturated rings. The molecule has 2 rings (SSSR count). The lowest BCUT2D eigenvalue weighted by Gasteiger charge is -2.31. The Morgan fingerprint density at radius 2 is 2.27 bits per heavy atom. The molecule has 0 radical (unpaired) electrons. The highest BCUT2D eigenvalue weighted by molar-refractivity contribution is 5.56. The quantitative estimate of drug-likeness (QED) is 0.809. The lowest BCUT2D eigenvalue weighted by atomic mass is 10.00. The van der Waals surface area contributed by atoms with Crippen LogP contribution >= 0.6 is 0 Å². The summed E-state index contributed by atoms with van der Waals surface area (Å²) in [4.78, 5) is 2.49. The Morgan fingerprint density at radius 1 is 1.40 bits per heavy atom. The summed E-state index contributed by atoms with van der Waals surface area (Å²) in [5, 5.41) is 3.22. The van der Waals surface area contributed by atoms with Gasteiger partial charge >= 0.3 is 0 Å². The fourth-order valence-corrected chi connectivity index (χ4v) is 2.28. The van der Waals surface area contributed by atoms with Gasteiger partial charge in [-0.25, -0.2) is 0 Å². The molecule has 15 heavy (non-hydrogen) atoms. The van der Waals surface area contributed by atoms with Crippen LogP contribution in [0.5, 0.6) is 0 Å². The number of nitrogens with one attached hydrogen (secondary N) is 1. The molecule has 0 atom stereocenters. The molecule has 1 aliphatic rings. The second kappa shape index (κ2) is 4.67. The van der Waals surface area contributed by atoms with Crippen LogP contribution in [0.25, 0.3) is 0 Å². The van der Waals surface area contributed by atoms with Gasteiger partial charge in [-0.05, 0) is 38.4 Å². The highest BCUT2D eigenvalue weighted by Crippen LogP contribution is 2.27. The molecule has 0 aliphatic carbocycles. The van der Waals surface area contributed by atoms with Gasteiger partial charge < -0.3 is 10.2 Å². The topological polar surface area (TPSA) is 15.3 Å². The lowest BCUT2D eigenvalue weighted by Crippen LogP contribution is -2.34. The Bertz CT molecular complexity index is 333. The molecule has 2 nitrogen and oxygen atoms in total. The second-order valence-electron chi connectivity index (χ2n) is 4.33. The standard InChI is InChI=1S/C13H20N2/c1-11-5-6-13-12(10-11)4-3-8-15(13)9-7-14-2/h5-6,10,14H,3-4,7-9H2,1-2H3. The molecule has 0 unspecified atom stereocenters. The van der Waals surface area contributed by atoms with Crippen LogP contribution in [-0.2, 0) is 6.42 Å². The van der Waals surface area contributed by atoms with Crippen molar-refractivity contribution < 1.29 is 0 Å². The summed E-state index contributed by atoms with van der Waals surface area (Å²) >= 11 is 0. The number of hydrogen-bond donors (Lipinski definition) is 1. The van der Waals surface area contributed by atoms with Gasteiger partial charge in [-0.3, -0.25) is 0 Å². The van der Waals surface area contributed by atoms with Crippen molar-refractivity contribution in [3.05, 3.63) is 29.3 Å². The van der Waals surface area contributed by atoms with Crippen molar-refractivity contribution in [3.63, 3.8) is 0 Å². The average Bonchev–Trinajstić information content (AvgIpc) is 2.25. The largest absolute Gasteiger partial charge is 0.370 e. The van der Waals surface area contributed by atoms with Crippen LogP contribution in [0.1, 0.15) is 17.5 Å². The number of hydrogen-bond acceptors (Lipinski definition) is 2. The SMILES string of the molecule is CNCCN1CCCc2cc(C)ccc21. The number of likely N-dealkylation sites (N-methyl/N-ethyl adjacent to an activating group) is 1. The minimum atomic E-state index is 1.06. The van der Waals surface area contributed by atoms with Gasteiger partial charge in [0.15, 0.2) is 0 Å². The lowest BCUT2D eigenvalue weighted by molar-refractivity contribution is 0.664. The number of aryl methyl sites for hydroxylation is 2. The van der Waals surface area contributed by atoms with Crippen molar-refractivity contribution in [2.24, 2.45) is 0 Å². The van der Waals surface area contributed by atoms with E-state index in [1.807, 2.05) is 7.05 Å². The van der Waals surface area contributed by atoms with E-state index in [0.29, 0.717) is 0 Å². The van der Waals surface area contributed by atoms with Crippen molar-refractivity contribution >= 4 is 5.69 Å². The van der Waals surface area contributed by atoms with Crippen LogP contribution in [0.15, 0.2) is 18.2 Å². The minimum absolute atomic E-state index is 1.06. The zero-order valence-corrected chi connectivity index (χ0v) is 9.71. The van der Waals surface area contributed by atoms with E-state index >= 15 is 0 Å². The number of benzene rings is 1. The fraction of sp³-hybridized carbons (Fsp3) is 0.538. The van der Waals surface area contributed by atoms with E-state index in [4.69, 9.17) is 0 Å². The van der Waals surface area contributed by atoms with E-state index in [2.05, 4.69) is 35.3 Å². The molecule has 0 aromatic heterocycles. The number of anilines is 1. The molecule has 0 spiro atoms. The first-order valence-corrected chi connectivity index (χ1v) is 5.80. The Balaban J connectivity index is 2.18. The van der Waals surface area contributed by atoms with Gasteiger partial charge in [-0.1, -0.05) is 17.7 Å². The summed E-state index contributed by atoms with van der Waals surface area (Å²) in [6.07, 6.45) is 2.53. The normalized spacial score (nSPS) is 15.2. The predicted octanol–water partition coefficient (Wildman–Crippen LogP) is 1.97. The van der Waals surface area contributed by atoms with Crippen molar-refractivity contribution in [2.45, 2.75) is 19.8 Å². The van der Waals surface area contributed by atoms with Gasteiger partial charge in [0.2, 0.25) is 0 Å². The second-order valence-corrected chi connectivity index (χ2v) is 4.33.